The molecule has 0 bridgehead atoms. The number of oxazole rings is 1. The third kappa shape index (κ3) is 4.63. The molecular formula is C22H24N2O4. The number of carbonyl (C=O) groups excluding carboxylic acids is 1. The second-order valence-corrected chi connectivity index (χ2v) is 7.34. The summed E-state index contributed by atoms with van der Waals surface area (Å²) in [7, 11) is 0. The molecule has 6 heteroatoms. The Bertz CT molecular complexity index is 960. The van der Waals surface area contributed by atoms with Gasteiger partial charge in [-0.05, 0) is 62.1 Å². The van der Waals surface area contributed by atoms with Gasteiger partial charge in [-0.3, -0.25) is 4.79 Å². The van der Waals surface area contributed by atoms with Gasteiger partial charge in [0.05, 0.1) is 12.6 Å². The van der Waals surface area contributed by atoms with E-state index in [1.165, 1.54) is 19.8 Å². The lowest BCUT2D eigenvalue weighted by molar-refractivity contribution is -0.119. The second kappa shape index (κ2) is 7.92. The van der Waals surface area contributed by atoms with Crippen LogP contribution >= 0.6 is 0 Å². The highest BCUT2D eigenvalue weighted by Crippen LogP contribution is 2.31. The van der Waals surface area contributed by atoms with Crippen molar-refractivity contribution in [3.05, 3.63) is 42.5 Å². The maximum Gasteiger partial charge on any atom is 0.227 e. The van der Waals surface area contributed by atoms with E-state index in [1.54, 1.807) is 0 Å². The summed E-state index contributed by atoms with van der Waals surface area (Å²) in [4.78, 5) is 15.6. The van der Waals surface area contributed by atoms with Crippen LogP contribution in [-0.2, 0) is 4.79 Å². The molecule has 1 aliphatic rings. The van der Waals surface area contributed by atoms with Gasteiger partial charge in [-0.15, -0.1) is 0 Å². The highest BCUT2D eigenvalue weighted by molar-refractivity contribution is 5.77. The Kier molecular flexibility index (Phi) is 5.19. The third-order valence-electron chi connectivity index (χ3n) is 4.59. The summed E-state index contributed by atoms with van der Waals surface area (Å²) in [5.41, 5.74) is 2.39. The summed E-state index contributed by atoms with van der Waals surface area (Å²) in [6.07, 6.45) is 2.53. The standard InChI is InChI=1S/C22H24N2O4/c1-14(23-15(2)25)12-26-18-7-5-17(6-8-18)22-24-20-10-9-19(11-21(20)28-22)27-13-16-3-4-16/h5-11,14,16H,3-4,12-13H2,1-2H3,(H,23,25)/t14-/m0/s1. The lowest BCUT2D eigenvalue weighted by Gasteiger charge is -2.13. The summed E-state index contributed by atoms with van der Waals surface area (Å²) >= 11 is 0. The van der Waals surface area contributed by atoms with E-state index in [2.05, 4.69) is 10.3 Å². The first-order valence-corrected chi connectivity index (χ1v) is 9.60. The maximum atomic E-state index is 11.0. The van der Waals surface area contributed by atoms with Gasteiger partial charge in [0.15, 0.2) is 5.58 Å². The smallest absolute Gasteiger partial charge is 0.227 e. The molecular weight excluding hydrogens is 356 g/mol. The molecule has 0 saturated heterocycles. The molecule has 0 spiro atoms. The van der Waals surface area contributed by atoms with E-state index < -0.39 is 0 Å². The third-order valence-corrected chi connectivity index (χ3v) is 4.59. The number of benzene rings is 2. The monoisotopic (exact) mass is 380 g/mol. The van der Waals surface area contributed by atoms with Crippen molar-refractivity contribution in [1.82, 2.24) is 10.3 Å². The Morgan fingerprint density at radius 2 is 1.93 bits per heavy atom. The molecule has 0 aliphatic heterocycles. The number of aromatic nitrogens is 1. The van der Waals surface area contributed by atoms with Crippen molar-refractivity contribution < 1.29 is 18.7 Å². The van der Waals surface area contributed by atoms with Crippen molar-refractivity contribution in [2.24, 2.45) is 5.92 Å². The first kappa shape index (κ1) is 18.3. The average molecular weight is 380 g/mol. The van der Waals surface area contributed by atoms with Gasteiger partial charge in [-0.2, -0.15) is 0 Å². The van der Waals surface area contributed by atoms with E-state index in [4.69, 9.17) is 13.9 Å². The first-order chi connectivity index (χ1) is 13.6. The lowest BCUT2D eigenvalue weighted by atomic mass is 10.2. The van der Waals surface area contributed by atoms with E-state index >= 15 is 0 Å². The van der Waals surface area contributed by atoms with Crippen molar-refractivity contribution in [3.63, 3.8) is 0 Å². The van der Waals surface area contributed by atoms with Crippen LogP contribution in [0.4, 0.5) is 0 Å². The Labute approximate surface area is 163 Å². The number of nitrogens with zero attached hydrogens (tertiary/aromatic N) is 1. The van der Waals surface area contributed by atoms with Gasteiger partial charge in [0.2, 0.25) is 11.8 Å². The quantitative estimate of drug-likeness (QED) is 0.634. The molecule has 146 valence electrons. The number of nitrogens with one attached hydrogen (secondary N) is 1. The molecule has 2 aromatic carbocycles. The fourth-order valence-corrected chi connectivity index (χ4v) is 2.92. The highest BCUT2D eigenvalue weighted by Gasteiger charge is 2.22. The van der Waals surface area contributed by atoms with Crippen LogP contribution < -0.4 is 14.8 Å². The van der Waals surface area contributed by atoms with E-state index in [1.807, 2.05) is 49.4 Å². The van der Waals surface area contributed by atoms with E-state index in [0.717, 1.165) is 29.2 Å². The van der Waals surface area contributed by atoms with Crippen molar-refractivity contribution in [2.45, 2.75) is 32.7 Å². The minimum Gasteiger partial charge on any atom is -0.493 e. The SMILES string of the molecule is CC(=O)N[C@@H](C)COc1ccc(-c2nc3ccc(OCC4CC4)cc3o2)cc1. The van der Waals surface area contributed by atoms with Crippen LogP contribution in [0.1, 0.15) is 26.7 Å². The molecule has 1 fully saturated rings. The number of amides is 1. The zero-order valence-corrected chi connectivity index (χ0v) is 16.1. The number of carbonyl (C=O) groups is 1. The highest BCUT2D eigenvalue weighted by atomic mass is 16.5. The van der Waals surface area contributed by atoms with E-state index in [9.17, 15) is 4.79 Å². The van der Waals surface area contributed by atoms with Crippen molar-refractivity contribution in [1.29, 1.82) is 0 Å². The molecule has 1 aliphatic carbocycles. The number of rotatable bonds is 8. The van der Waals surface area contributed by atoms with Crippen molar-refractivity contribution >= 4 is 17.0 Å². The maximum absolute atomic E-state index is 11.0. The molecule has 1 saturated carbocycles. The molecule has 4 rings (SSSR count). The van der Waals surface area contributed by atoms with Gasteiger partial charge < -0.3 is 19.2 Å². The normalized spacial score (nSPS) is 14.6. The summed E-state index contributed by atoms with van der Waals surface area (Å²) in [6, 6.07) is 13.3. The van der Waals surface area contributed by atoms with Crippen LogP contribution in [0.3, 0.4) is 0 Å². The van der Waals surface area contributed by atoms with Crippen LogP contribution in [0.15, 0.2) is 46.9 Å². The molecule has 0 unspecified atom stereocenters. The molecule has 6 nitrogen and oxygen atoms in total. The van der Waals surface area contributed by atoms with Gasteiger partial charge in [0.25, 0.3) is 0 Å². The number of hydrogen-bond donors (Lipinski definition) is 1. The second-order valence-electron chi connectivity index (χ2n) is 7.34. The fourth-order valence-electron chi connectivity index (χ4n) is 2.92. The van der Waals surface area contributed by atoms with Crippen LogP contribution in [0.2, 0.25) is 0 Å². The Morgan fingerprint density at radius 1 is 1.18 bits per heavy atom. The summed E-state index contributed by atoms with van der Waals surface area (Å²) in [5.74, 6) is 2.76. The Morgan fingerprint density at radius 3 is 2.64 bits per heavy atom. The van der Waals surface area contributed by atoms with E-state index in [-0.39, 0.29) is 11.9 Å². The Balaban J connectivity index is 1.41. The number of ether oxygens (including phenoxy) is 2. The zero-order chi connectivity index (χ0) is 19.5. The molecule has 1 amide bonds. The minimum atomic E-state index is -0.0662. The van der Waals surface area contributed by atoms with Gasteiger partial charge >= 0.3 is 0 Å². The van der Waals surface area contributed by atoms with Crippen LogP contribution in [0, 0.1) is 5.92 Å². The van der Waals surface area contributed by atoms with Gasteiger partial charge in [-0.25, -0.2) is 4.98 Å². The van der Waals surface area contributed by atoms with Gasteiger partial charge in [-0.1, -0.05) is 0 Å². The predicted octanol–water partition coefficient (Wildman–Crippen LogP) is 4.19. The summed E-state index contributed by atoms with van der Waals surface area (Å²) < 4.78 is 17.4. The van der Waals surface area contributed by atoms with Crippen LogP contribution in [0.5, 0.6) is 11.5 Å². The molecule has 28 heavy (non-hydrogen) atoms. The molecule has 0 radical (unpaired) electrons. The van der Waals surface area contributed by atoms with Crippen LogP contribution in [-0.4, -0.2) is 30.1 Å². The largest absolute Gasteiger partial charge is 0.493 e. The van der Waals surface area contributed by atoms with Gasteiger partial charge in [0.1, 0.15) is 23.6 Å². The van der Waals surface area contributed by atoms with Gasteiger partial charge in [0, 0.05) is 18.6 Å². The predicted molar refractivity (Wildman–Crippen MR) is 106 cm³/mol. The zero-order valence-electron chi connectivity index (χ0n) is 16.1. The topological polar surface area (TPSA) is 73.6 Å². The van der Waals surface area contributed by atoms with E-state index in [0.29, 0.717) is 24.0 Å². The summed E-state index contributed by atoms with van der Waals surface area (Å²) in [6.45, 7) is 4.57. The molecule has 1 N–H and O–H groups in total. The fraction of sp³-hybridized carbons (Fsp3) is 0.364. The molecule has 3 aromatic rings. The van der Waals surface area contributed by atoms with Crippen LogP contribution in [0.25, 0.3) is 22.6 Å². The summed E-state index contributed by atoms with van der Waals surface area (Å²) in [5, 5.41) is 2.79. The van der Waals surface area contributed by atoms with Crippen molar-refractivity contribution in [3.8, 4) is 23.0 Å². The molecule has 1 aromatic heterocycles. The minimum absolute atomic E-state index is 0.0504. The lowest BCUT2D eigenvalue weighted by Crippen LogP contribution is -2.35. The number of hydrogen-bond acceptors (Lipinski definition) is 5. The average Bonchev–Trinajstić information content (AvgIpc) is 3.41. The van der Waals surface area contributed by atoms with Crippen molar-refractivity contribution in [2.75, 3.05) is 13.2 Å². The Hall–Kier alpha value is -3.02. The number of fused-ring (bicyclic) bond motifs is 1. The first-order valence-electron chi connectivity index (χ1n) is 9.60. The molecule has 1 heterocycles. The molecule has 1 atom stereocenters.